The molecule has 1 aromatic carbocycles. The van der Waals surface area contributed by atoms with Gasteiger partial charge in [0.05, 0.1) is 5.92 Å². The van der Waals surface area contributed by atoms with Gasteiger partial charge in [0.25, 0.3) is 0 Å². The van der Waals surface area contributed by atoms with E-state index in [1.807, 2.05) is 0 Å². The second-order valence-corrected chi connectivity index (χ2v) is 6.52. The number of para-hydroxylation sites is 1. The van der Waals surface area contributed by atoms with Gasteiger partial charge in [0.1, 0.15) is 0 Å². The summed E-state index contributed by atoms with van der Waals surface area (Å²) in [5.41, 5.74) is 1.33. The molecule has 5 heteroatoms. The third-order valence-electron chi connectivity index (χ3n) is 4.85. The van der Waals surface area contributed by atoms with Gasteiger partial charge in [0.15, 0.2) is 0 Å². The maximum atomic E-state index is 11.7. The lowest BCUT2D eigenvalue weighted by Crippen LogP contribution is -2.51. The number of carbonyl (C=O) groups is 1. The predicted octanol–water partition coefficient (Wildman–Crippen LogP) is 0.924. The van der Waals surface area contributed by atoms with Crippen LogP contribution >= 0.6 is 0 Å². The van der Waals surface area contributed by atoms with Crippen LogP contribution in [-0.2, 0) is 4.79 Å². The molecule has 23 heavy (non-hydrogen) atoms. The molecule has 0 unspecified atom stereocenters. The number of amides is 1. The number of carbonyl (C=O) groups excluding carboxylic acids is 1. The molecule has 0 bridgehead atoms. The maximum Gasteiger partial charge on any atom is 0.225 e. The quantitative estimate of drug-likeness (QED) is 0.735. The normalized spacial score (nSPS) is 19.4. The lowest BCUT2D eigenvalue weighted by atomic mass is 10.0. The molecule has 5 nitrogen and oxygen atoms in total. The van der Waals surface area contributed by atoms with E-state index in [9.17, 15) is 4.79 Å². The molecule has 2 saturated heterocycles. The van der Waals surface area contributed by atoms with Crippen LogP contribution in [0.15, 0.2) is 30.3 Å². The fourth-order valence-corrected chi connectivity index (χ4v) is 3.16. The number of anilines is 1. The number of nitrogens with one attached hydrogen (secondary N) is 2. The van der Waals surface area contributed by atoms with Crippen molar-refractivity contribution in [2.24, 2.45) is 5.92 Å². The summed E-state index contributed by atoms with van der Waals surface area (Å²) in [7, 11) is 0. The van der Waals surface area contributed by atoms with Crippen LogP contribution in [0.1, 0.15) is 12.8 Å². The van der Waals surface area contributed by atoms with E-state index in [4.69, 9.17) is 0 Å². The minimum Gasteiger partial charge on any atom is -0.369 e. The summed E-state index contributed by atoms with van der Waals surface area (Å²) in [6, 6.07) is 10.7. The maximum absolute atomic E-state index is 11.7. The number of benzene rings is 1. The Morgan fingerprint density at radius 2 is 1.83 bits per heavy atom. The van der Waals surface area contributed by atoms with Gasteiger partial charge in [-0.25, -0.2) is 0 Å². The van der Waals surface area contributed by atoms with Gasteiger partial charge in [0, 0.05) is 51.5 Å². The Morgan fingerprint density at radius 1 is 1.09 bits per heavy atom. The molecule has 0 radical (unpaired) electrons. The first-order valence-electron chi connectivity index (χ1n) is 8.84. The van der Waals surface area contributed by atoms with Crippen molar-refractivity contribution >= 4 is 11.6 Å². The summed E-state index contributed by atoms with van der Waals surface area (Å²) >= 11 is 0. The zero-order valence-corrected chi connectivity index (χ0v) is 13.8. The highest BCUT2D eigenvalue weighted by Gasteiger charge is 2.24. The van der Waals surface area contributed by atoms with E-state index in [1.165, 1.54) is 5.69 Å². The molecule has 2 aliphatic rings. The Hall–Kier alpha value is -1.59. The Balaban J connectivity index is 1.25. The molecule has 2 fully saturated rings. The van der Waals surface area contributed by atoms with Crippen molar-refractivity contribution in [3.05, 3.63) is 30.3 Å². The third-order valence-corrected chi connectivity index (χ3v) is 4.85. The van der Waals surface area contributed by atoms with Crippen LogP contribution in [0.5, 0.6) is 0 Å². The number of rotatable bonds is 7. The van der Waals surface area contributed by atoms with E-state index in [0.717, 1.165) is 65.2 Å². The molecule has 2 N–H and O–H groups in total. The lowest BCUT2D eigenvalue weighted by molar-refractivity contribution is -0.126. The highest BCUT2D eigenvalue weighted by molar-refractivity contribution is 5.79. The average Bonchev–Trinajstić information content (AvgIpc) is 2.54. The number of piperazine rings is 1. The van der Waals surface area contributed by atoms with Gasteiger partial charge in [0.2, 0.25) is 5.91 Å². The molecule has 1 aromatic rings. The first-order valence-corrected chi connectivity index (χ1v) is 8.84. The molecular formula is C18H28N4O. The zero-order valence-electron chi connectivity index (χ0n) is 13.8. The van der Waals surface area contributed by atoms with Gasteiger partial charge in [-0.15, -0.1) is 0 Å². The van der Waals surface area contributed by atoms with Crippen LogP contribution < -0.4 is 15.5 Å². The van der Waals surface area contributed by atoms with Crippen molar-refractivity contribution in [1.29, 1.82) is 0 Å². The van der Waals surface area contributed by atoms with E-state index in [1.54, 1.807) is 0 Å². The lowest BCUT2D eigenvalue weighted by Gasteiger charge is -2.36. The Morgan fingerprint density at radius 3 is 2.48 bits per heavy atom. The molecule has 3 rings (SSSR count). The molecular weight excluding hydrogens is 288 g/mol. The van der Waals surface area contributed by atoms with Gasteiger partial charge < -0.3 is 15.5 Å². The van der Waals surface area contributed by atoms with Crippen LogP contribution in [0, 0.1) is 5.92 Å². The van der Waals surface area contributed by atoms with Crippen LogP contribution in [0.25, 0.3) is 0 Å². The molecule has 0 aromatic heterocycles. The number of nitrogens with zero attached hydrogens (tertiary/aromatic N) is 2. The molecule has 2 aliphatic heterocycles. The summed E-state index contributed by atoms with van der Waals surface area (Å²) in [5.74, 6) is 0.432. The van der Waals surface area contributed by atoms with Crippen molar-refractivity contribution in [3.8, 4) is 0 Å². The van der Waals surface area contributed by atoms with Crippen LogP contribution in [0.3, 0.4) is 0 Å². The molecule has 0 aliphatic carbocycles. The number of unbranched alkanes of at least 4 members (excludes halogenated alkanes) is 1. The van der Waals surface area contributed by atoms with Gasteiger partial charge >= 0.3 is 0 Å². The summed E-state index contributed by atoms with van der Waals surface area (Å²) < 4.78 is 0. The molecule has 0 spiro atoms. The smallest absolute Gasteiger partial charge is 0.225 e. The van der Waals surface area contributed by atoms with Crippen LogP contribution in [0.2, 0.25) is 0 Å². The van der Waals surface area contributed by atoms with Crippen LogP contribution in [-0.4, -0.2) is 63.2 Å². The Labute approximate surface area is 139 Å². The van der Waals surface area contributed by atoms with Crippen molar-refractivity contribution in [1.82, 2.24) is 15.5 Å². The summed E-state index contributed by atoms with van der Waals surface area (Å²) in [4.78, 5) is 16.7. The molecule has 0 atom stereocenters. The van der Waals surface area contributed by atoms with Crippen molar-refractivity contribution in [2.45, 2.75) is 12.8 Å². The van der Waals surface area contributed by atoms with Gasteiger partial charge in [-0.2, -0.15) is 0 Å². The van der Waals surface area contributed by atoms with Gasteiger partial charge in [-0.1, -0.05) is 18.2 Å². The fraction of sp³-hybridized carbons (Fsp3) is 0.611. The Kier molecular flexibility index (Phi) is 5.88. The predicted molar refractivity (Wildman–Crippen MR) is 93.7 cm³/mol. The fourth-order valence-electron chi connectivity index (χ4n) is 3.16. The van der Waals surface area contributed by atoms with E-state index in [2.05, 4.69) is 50.8 Å². The van der Waals surface area contributed by atoms with E-state index >= 15 is 0 Å². The molecule has 126 valence electrons. The average molecular weight is 316 g/mol. The van der Waals surface area contributed by atoms with Gasteiger partial charge in [-0.3, -0.25) is 9.69 Å². The first-order chi connectivity index (χ1) is 11.3. The summed E-state index contributed by atoms with van der Waals surface area (Å²) in [5, 5.41) is 6.18. The van der Waals surface area contributed by atoms with Crippen molar-refractivity contribution < 1.29 is 4.79 Å². The van der Waals surface area contributed by atoms with Crippen molar-refractivity contribution in [2.75, 3.05) is 57.3 Å². The highest BCUT2D eigenvalue weighted by atomic mass is 16.2. The van der Waals surface area contributed by atoms with Gasteiger partial charge in [-0.05, 0) is 31.5 Å². The minimum absolute atomic E-state index is 0.209. The third kappa shape index (κ3) is 4.69. The highest BCUT2D eigenvalue weighted by Crippen LogP contribution is 2.15. The van der Waals surface area contributed by atoms with E-state index in [0.29, 0.717) is 0 Å². The SMILES string of the molecule is O=C(NCCCCN1CCN(c2ccccc2)CC1)C1CNC1. The largest absolute Gasteiger partial charge is 0.369 e. The molecule has 1 amide bonds. The molecule has 2 heterocycles. The van der Waals surface area contributed by atoms with Crippen molar-refractivity contribution in [3.63, 3.8) is 0 Å². The van der Waals surface area contributed by atoms with E-state index in [-0.39, 0.29) is 11.8 Å². The minimum atomic E-state index is 0.209. The number of hydrogen-bond donors (Lipinski definition) is 2. The topological polar surface area (TPSA) is 47.6 Å². The summed E-state index contributed by atoms with van der Waals surface area (Å²) in [6.07, 6.45) is 2.24. The number of hydrogen-bond acceptors (Lipinski definition) is 4. The standard InChI is InChI=1S/C18H28N4O/c23-18(16-14-19-15-16)20-8-4-5-9-21-10-12-22(13-11-21)17-6-2-1-3-7-17/h1-3,6-7,16,19H,4-5,8-15H2,(H,20,23). The Bertz CT molecular complexity index is 481. The first kappa shape index (κ1) is 16.3. The molecule has 0 saturated carbocycles. The van der Waals surface area contributed by atoms with Crippen LogP contribution in [0.4, 0.5) is 5.69 Å². The monoisotopic (exact) mass is 316 g/mol. The second-order valence-electron chi connectivity index (χ2n) is 6.52. The zero-order chi connectivity index (χ0) is 15.9. The van der Waals surface area contributed by atoms with E-state index < -0.39 is 0 Å². The summed E-state index contributed by atoms with van der Waals surface area (Å²) in [6.45, 7) is 8.13. The second kappa shape index (κ2) is 8.31.